The molecule has 5 nitrogen and oxygen atoms in total. The summed E-state index contributed by atoms with van der Waals surface area (Å²) >= 11 is 3.24. The molecule has 5 rings (SSSR count). The van der Waals surface area contributed by atoms with E-state index in [4.69, 9.17) is 4.98 Å². The van der Waals surface area contributed by atoms with Gasteiger partial charge in [0.2, 0.25) is 5.91 Å². The van der Waals surface area contributed by atoms with E-state index in [9.17, 15) is 4.79 Å². The highest BCUT2D eigenvalue weighted by atomic mass is 32.2. The van der Waals surface area contributed by atoms with Crippen molar-refractivity contribution >= 4 is 50.3 Å². The second-order valence-corrected chi connectivity index (χ2v) is 9.07. The summed E-state index contributed by atoms with van der Waals surface area (Å²) in [6.07, 6.45) is 2.13. The smallest absolute Gasteiger partial charge is 0.233 e. The fourth-order valence-electron chi connectivity index (χ4n) is 3.69. The molecule has 142 valence electrons. The minimum absolute atomic E-state index is 0.177. The largest absolute Gasteiger partial charge is 0.341 e. The molecule has 7 heteroatoms. The second kappa shape index (κ2) is 7.56. The van der Waals surface area contributed by atoms with E-state index in [0.717, 1.165) is 52.6 Å². The predicted molar refractivity (Wildman–Crippen MR) is 115 cm³/mol. The van der Waals surface area contributed by atoms with Crippen molar-refractivity contribution < 1.29 is 4.79 Å². The minimum atomic E-state index is 0.177. The Morgan fingerprint density at radius 2 is 1.96 bits per heavy atom. The summed E-state index contributed by atoms with van der Waals surface area (Å²) in [4.78, 5) is 27.4. The molecular formula is C21H20N4OS2. The van der Waals surface area contributed by atoms with Crippen molar-refractivity contribution in [1.29, 1.82) is 0 Å². The molecule has 1 atom stereocenters. The second-order valence-electron chi connectivity index (χ2n) is 7.05. The molecule has 1 amide bonds. The number of piperidine rings is 1. The van der Waals surface area contributed by atoms with Gasteiger partial charge in [-0.05, 0) is 37.1 Å². The van der Waals surface area contributed by atoms with Crippen LogP contribution in [0.5, 0.6) is 0 Å². The maximum atomic E-state index is 12.8. The summed E-state index contributed by atoms with van der Waals surface area (Å²) in [6.45, 7) is 1.60. The number of imidazole rings is 1. The van der Waals surface area contributed by atoms with E-state index in [-0.39, 0.29) is 5.91 Å². The van der Waals surface area contributed by atoms with Gasteiger partial charge in [0.25, 0.3) is 0 Å². The molecule has 0 bridgehead atoms. The summed E-state index contributed by atoms with van der Waals surface area (Å²) in [7, 11) is 0. The Balaban J connectivity index is 1.24. The lowest BCUT2D eigenvalue weighted by Gasteiger charge is -2.31. The number of rotatable bonds is 4. The Labute approximate surface area is 171 Å². The molecule has 0 spiro atoms. The van der Waals surface area contributed by atoms with Gasteiger partial charge in [0, 0.05) is 19.0 Å². The van der Waals surface area contributed by atoms with Gasteiger partial charge in [-0.15, -0.1) is 11.3 Å². The predicted octanol–water partition coefficient (Wildman–Crippen LogP) is 4.67. The summed E-state index contributed by atoms with van der Waals surface area (Å²) in [5.74, 6) is 0.925. The normalized spacial score (nSPS) is 17.4. The monoisotopic (exact) mass is 408 g/mol. The first-order valence-electron chi connectivity index (χ1n) is 9.47. The average molecular weight is 409 g/mol. The number of thiazole rings is 1. The Hall–Kier alpha value is -2.38. The van der Waals surface area contributed by atoms with Gasteiger partial charge in [0.15, 0.2) is 5.16 Å². The van der Waals surface area contributed by atoms with Gasteiger partial charge in [0.05, 0.1) is 32.0 Å². The SMILES string of the molecule is O=C(CSc1nc2ccccc2[nH]1)N1CCCC(c2nc3ccccc3s2)C1. The average Bonchev–Trinajstić information content (AvgIpc) is 3.35. The number of fused-ring (bicyclic) bond motifs is 2. The maximum Gasteiger partial charge on any atom is 0.233 e. The van der Waals surface area contributed by atoms with Gasteiger partial charge in [-0.3, -0.25) is 4.79 Å². The van der Waals surface area contributed by atoms with Crippen molar-refractivity contribution in [3.63, 3.8) is 0 Å². The summed E-state index contributed by atoms with van der Waals surface area (Å²) in [5, 5.41) is 1.96. The van der Waals surface area contributed by atoms with Gasteiger partial charge < -0.3 is 9.88 Å². The zero-order valence-electron chi connectivity index (χ0n) is 15.3. The number of nitrogens with zero attached hydrogens (tertiary/aromatic N) is 3. The maximum absolute atomic E-state index is 12.8. The van der Waals surface area contributed by atoms with Gasteiger partial charge in [-0.25, -0.2) is 9.97 Å². The number of nitrogens with one attached hydrogen (secondary N) is 1. The van der Waals surface area contributed by atoms with Crippen LogP contribution in [-0.2, 0) is 4.79 Å². The van der Waals surface area contributed by atoms with Crippen LogP contribution in [0.3, 0.4) is 0 Å². The highest BCUT2D eigenvalue weighted by Crippen LogP contribution is 2.33. The molecule has 28 heavy (non-hydrogen) atoms. The van der Waals surface area contributed by atoms with E-state index in [1.807, 2.05) is 35.2 Å². The number of carbonyl (C=O) groups excluding carboxylic acids is 1. The fraction of sp³-hybridized carbons (Fsp3) is 0.286. The van der Waals surface area contributed by atoms with Gasteiger partial charge in [-0.2, -0.15) is 0 Å². The number of aromatic nitrogens is 3. The number of H-pyrrole nitrogens is 1. The Kier molecular flexibility index (Phi) is 4.78. The number of amides is 1. The highest BCUT2D eigenvalue weighted by molar-refractivity contribution is 7.99. The van der Waals surface area contributed by atoms with Crippen LogP contribution >= 0.6 is 23.1 Å². The molecule has 1 aliphatic rings. The first-order valence-corrected chi connectivity index (χ1v) is 11.3. The van der Waals surface area contributed by atoms with Gasteiger partial charge in [-0.1, -0.05) is 36.0 Å². The van der Waals surface area contributed by atoms with E-state index in [1.54, 1.807) is 11.3 Å². The first kappa shape index (κ1) is 17.7. The molecule has 4 aromatic rings. The van der Waals surface area contributed by atoms with Gasteiger partial charge in [0.1, 0.15) is 0 Å². The van der Waals surface area contributed by atoms with Crippen LogP contribution in [0.1, 0.15) is 23.8 Å². The number of carbonyl (C=O) groups is 1. The minimum Gasteiger partial charge on any atom is -0.341 e. The number of aromatic amines is 1. The molecule has 0 aliphatic carbocycles. The molecular weight excluding hydrogens is 388 g/mol. The standard InChI is InChI=1S/C21H20N4OS2/c26-19(13-27-21-23-15-7-1-2-8-16(15)24-21)25-11-5-6-14(12-25)20-22-17-9-3-4-10-18(17)28-20/h1-4,7-10,14H,5-6,11-13H2,(H,23,24). The van der Waals surface area contributed by atoms with Crippen LogP contribution in [0, 0.1) is 0 Å². The molecule has 1 unspecified atom stereocenters. The number of thioether (sulfide) groups is 1. The van der Waals surface area contributed by atoms with Crippen LogP contribution in [0.2, 0.25) is 0 Å². The zero-order chi connectivity index (χ0) is 18.9. The molecule has 2 aromatic heterocycles. The third-order valence-corrected chi connectivity index (χ3v) is 7.19. The first-order chi connectivity index (χ1) is 13.8. The van der Waals surface area contributed by atoms with Crippen molar-refractivity contribution in [2.75, 3.05) is 18.8 Å². The molecule has 1 fully saturated rings. The van der Waals surface area contributed by atoms with Crippen molar-refractivity contribution in [2.24, 2.45) is 0 Å². The molecule has 0 radical (unpaired) electrons. The van der Waals surface area contributed by atoms with Crippen molar-refractivity contribution in [3.8, 4) is 0 Å². The lowest BCUT2D eigenvalue weighted by Crippen LogP contribution is -2.40. The van der Waals surface area contributed by atoms with E-state index < -0.39 is 0 Å². The lowest BCUT2D eigenvalue weighted by molar-refractivity contribution is -0.129. The Morgan fingerprint density at radius 3 is 2.82 bits per heavy atom. The number of likely N-dealkylation sites (tertiary alicyclic amines) is 1. The summed E-state index contributed by atoms with van der Waals surface area (Å²) < 4.78 is 1.22. The third-order valence-electron chi connectivity index (χ3n) is 5.13. The molecule has 2 aromatic carbocycles. The van der Waals surface area contributed by atoms with E-state index in [0.29, 0.717) is 11.7 Å². The lowest BCUT2D eigenvalue weighted by atomic mass is 9.99. The number of benzene rings is 2. The van der Waals surface area contributed by atoms with E-state index in [2.05, 4.69) is 28.2 Å². The molecule has 1 N–H and O–H groups in total. The van der Waals surface area contributed by atoms with Crippen LogP contribution < -0.4 is 0 Å². The van der Waals surface area contributed by atoms with Crippen molar-refractivity contribution in [1.82, 2.24) is 19.9 Å². The highest BCUT2D eigenvalue weighted by Gasteiger charge is 2.27. The fourth-order valence-corrected chi connectivity index (χ4v) is 5.57. The number of hydrogen-bond acceptors (Lipinski definition) is 5. The Bertz CT molecular complexity index is 1070. The van der Waals surface area contributed by atoms with Gasteiger partial charge >= 0.3 is 0 Å². The molecule has 1 aliphatic heterocycles. The van der Waals surface area contributed by atoms with Crippen LogP contribution in [0.25, 0.3) is 21.3 Å². The van der Waals surface area contributed by atoms with Crippen molar-refractivity contribution in [2.45, 2.75) is 23.9 Å². The third kappa shape index (κ3) is 3.52. The molecule has 3 heterocycles. The van der Waals surface area contributed by atoms with Crippen LogP contribution in [-0.4, -0.2) is 44.6 Å². The van der Waals surface area contributed by atoms with Crippen LogP contribution in [0.15, 0.2) is 53.7 Å². The van der Waals surface area contributed by atoms with Crippen LogP contribution in [0.4, 0.5) is 0 Å². The summed E-state index contributed by atoms with van der Waals surface area (Å²) in [5.41, 5.74) is 3.00. The van der Waals surface area contributed by atoms with Crippen molar-refractivity contribution in [3.05, 3.63) is 53.5 Å². The molecule has 1 saturated heterocycles. The van der Waals surface area contributed by atoms with E-state index >= 15 is 0 Å². The number of para-hydroxylation sites is 3. The number of hydrogen-bond donors (Lipinski definition) is 1. The topological polar surface area (TPSA) is 61.9 Å². The Morgan fingerprint density at radius 1 is 1.14 bits per heavy atom. The molecule has 0 saturated carbocycles. The van der Waals surface area contributed by atoms with E-state index in [1.165, 1.54) is 16.5 Å². The summed E-state index contributed by atoms with van der Waals surface area (Å²) in [6, 6.07) is 16.2. The quantitative estimate of drug-likeness (QED) is 0.499. The zero-order valence-corrected chi connectivity index (χ0v) is 16.9.